The summed E-state index contributed by atoms with van der Waals surface area (Å²) < 4.78 is 0. The van der Waals surface area contributed by atoms with E-state index < -0.39 is 0 Å². The zero-order chi connectivity index (χ0) is 12.3. The third-order valence-electron chi connectivity index (χ3n) is 1.68. The van der Waals surface area contributed by atoms with Crippen molar-refractivity contribution in [2.75, 3.05) is 5.32 Å². The molecule has 0 amide bonds. The fraction of sp³-hybridized carbons (Fsp3) is 0.300. The van der Waals surface area contributed by atoms with E-state index in [1.165, 1.54) is 0 Å². The van der Waals surface area contributed by atoms with Gasteiger partial charge in [0.05, 0.1) is 20.8 Å². The highest BCUT2D eigenvalue weighted by molar-refractivity contribution is 7.80. The Morgan fingerprint density at radius 1 is 1.12 bits per heavy atom. The summed E-state index contributed by atoms with van der Waals surface area (Å²) in [4.78, 5) is 0. The van der Waals surface area contributed by atoms with Crippen molar-refractivity contribution in [1.82, 2.24) is 5.32 Å². The molecule has 1 aromatic carbocycles. The summed E-state index contributed by atoms with van der Waals surface area (Å²) in [5.74, 6) is 0. The molecule has 0 spiro atoms. The average molecular weight is 298 g/mol. The van der Waals surface area contributed by atoms with Crippen LogP contribution >= 0.6 is 47.0 Å². The molecular formula is C10H11Cl3N2S. The number of benzene rings is 1. The van der Waals surface area contributed by atoms with Crippen LogP contribution in [-0.2, 0) is 0 Å². The second-order valence-corrected chi connectivity index (χ2v) is 5.13. The molecule has 1 aromatic rings. The van der Waals surface area contributed by atoms with Crippen molar-refractivity contribution in [3.05, 3.63) is 27.2 Å². The summed E-state index contributed by atoms with van der Waals surface area (Å²) in [6, 6.07) is 3.47. The lowest BCUT2D eigenvalue weighted by molar-refractivity contribution is 0.739. The lowest BCUT2D eigenvalue weighted by Gasteiger charge is -2.14. The van der Waals surface area contributed by atoms with Crippen molar-refractivity contribution >= 4 is 57.8 Å². The van der Waals surface area contributed by atoms with Crippen LogP contribution in [0.4, 0.5) is 5.69 Å². The van der Waals surface area contributed by atoms with E-state index in [4.69, 9.17) is 47.0 Å². The van der Waals surface area contributed by atoms with E-state index in [2.05, 4.69) is 10.6 Å². The van der Waals surface area contributed by atoms with Crippen molar-refractivity contribution in [3.8, 4) is 0 Å². The van der Waals surface area contributed by atoms with Gasteiger partial charge in [-0.15, -0.1) is 0 Å². The summed E-state index contributed by atoms with van der Waals surface area (Å²) in [6.45, 7) is 3.98. The van der Waals surface area contributed by atoms with Crippen LogP contribution in [0.15, 0.2) is 12.1 Å². The topological polar surface area (TPSA) is 24.1 Å². The first-order chi connectivity index (χ1) is 7.40. The third-order valence-corrected chi connectivity index (χ3v) is 2.93. The van der Waals surface area contributed by atoms with Gasteiger partial charge in [0.25, 0.3) is 0 Å². The first-order valence-corrected chi connectivity index (χ1v) is 6.16. The fourth-order valence-corrected chi connectivity index (χ4v) is 1.98. The van der Waals surface area contributed by atoms with Crippen LogP contribution in [0.3, 0.4) is 0 Å². The van der Waals surface area contributed by atoms with Crippen molar-refractivity contribution in [3.63, 3.8) is 0 Å². The molecule has 0 bridgehead atoms. The quantitative estimate of drug-likeness (QED) is 0.627. The van der Waals surface area contributed by atoms with Gasteiger partial charge in [0.2, 0.25) is 0 Å². The van der Waals surface area contributed by atoms with Crippen molar-refractivity contribution in [2.45, 2.75) is 19.9 Å². The van der Waals surface area contributed by atoms with Crippen LogP contribution in [0.2, 0.25) is 15.1 Å². The van der Waals surface area contributed by atoms with E-state index in [0.717, 1.165) is 0 Å². The molecule has 2 N–H and O–H groups in total. The molecule has 0 aliphatic rings. The summed E-state index contributed by atoms with van der Waals surface area (Å²) in [7, 11) is 0. The predicted octanol–water partition coefficient (Wildman–Crippen LogP) is 4.34. The van der Waals surface area contributed by atoms with Crippen LogP contribution < -0.4 is 10.6 Å². The highest BCUT2D eigenvalue weighted by atomic mass is 35.5. The van der Waals surface area contributed by atoms with Gasteiger partial charge in [-0.2, -0.15) is 0 Å². The summed E-state index contributed by atoms with van der Waals surface area (Å²) in [5.41, 5.74) is 0.634. The van der Waals surface area contributed by atoms with Crippen molar-refractivity contribution in [1.29, 1.82) is 0 Å². The Morgan fingerprint density at radius 3 is 2.25 bits per heavy atom. The highest BCUT2D eigenvalue weighted by Crippen LogP contribution is 2.32. The summed E-state index contributed by atoms with van der Waals surface area (Å²) in [5, 5.41) is 7.81. The smallest absolute Gasteiger partial charge is 0.171 e. The molecule has 0 aromatic heterocycles. The largest absolute Gasteiger partial charge is 0.360 e. The van der Waals surface area contributed by atoms with Crippen LogP contribution in [-0.4, -0.2) is 11.2 Å². The molecule has 16 heavy (non-hydrogen) atoms. The van der Waals surface area contributed by atoms with Gasteiger partial charge >= 0.3 is 0 Å². The second kappa shape index (κ2) is 5.92. The standard InChI is InChI=1S/C10H11Cl3N2S/c1-5(2)14-10(16)15-9-4-7(12)6(11)3-8(9)13/h3-5H,1-2H3,(H2,14,15,16). The van der Waals surface area contributed by atoms with Gasteiger partial charge < -0.3 is 10.6 Å². The molecule has 88 valence electrons. The Bertz CT molecular complexity index is 407. The van der Waals surface area contributed by atoms with Crippen LogP contribution in [0, 0.1) is 0 Å². The first-order valence-electron chi connectivity index (χ1n) is 4.62. The maximum absolute atomic E-state index is 5.99. The van der Waals surface area contributed by atoms with E-state index >= 15 is 0 Å². The van der Waals surface area contributed by atoms with Crippen LogP contribution in [0.5, 0.6) is 0 Å². The van der Waals surface area contributed by atoms with Crippen LogP contribution in [0.1, 0.15) is 13.8 Å². The molecule has 2 nitrogen and oxygen atoms in total. The number of hydrogen-bond acceptors (Lipinski definition) is 1. The number of halogens is 3. The molecule has 0 fully saturated rings. The van der Waals surface area contributed by atoms with E-state index in [9.17, 15) is 0 Å². The van der Waals surface area contributed by atoms with Gasteiger partial charge in [-0.1, -0.05) is 34.8 Å². The zero-order valence-corrected chi connectivity index (χ0v) is 11.9. The van der Waals surface area contributed by atoms with Crippen LogP contribution in [0.25, 0.3) is 0 Å². The minimum Gasteiger partial charge on any atom is -0.360 e. The number of hydrogen-bond donors (Lipinski definition) is 2. The molecule has 0 radical (unpaired) electrons. The molecule has 0 saturated heterocycles. The van der Waals surface area contributed by atoms with Gasteiger partial charge in [0.1, 0.15) is 0 Å². The Morgan fingerprint density at radius 2 is 1.69 bits per heavy atom. The van der Waals surface area contributed by atoms with E-state index in [0.29, 0.717) is 25.9 Å². The lowest BCUT2D eigenvalue weighted by atomic mass is 10.3. The zero-order valence-electron chi connectivity index (χ0n) is 8.77. The number of thiocarbonyl (C=S) groups is 1. The molecule has 1 rings (SSSR count). The fourth-order valence-electron chi connectivity index (χ4n) is 1.04. The molecule has 0 atom stereocenters. The summed E-state index contributed by atoms with van der Waals surface area (Å²) >= 11 is 22.8. The molecular weight excluding hydrogens is 287 g/mol. The SMILES string of the molecule is CC(C)NC(=S)Nc1cc(Cl)c(Cl)cc1Cl. The normalized spacial score (nSPS) is 10.4. The molecule has 0 saturated carbocycles. The Hall–Kier alpha value is -0.220. The van der Waals surface area contributed by atoms with E-state index in [-0.39, 0.29) is 6.04 Å². The molecule has 6 heteroatoms. The van der Waals surface area contributed by atoms with Gasteiger partial charge in [-0.3, -0.25) is 0 Å². The van der Waals surface area contributed by atoms with Gasteiger partial charge in [0.15, 0.2) is 5.11 Å². The van der Waals surface area contributed by atoms with E-state index in [1.54, 1.807) is 12.1 Å². The van der Waals surface area contributed by atoms with Crippen molar-refractivity contribution in [2.24, 2.45) is 0 Å². The Labute approximate surface area is 115 Å². The van der Waals surface area contributed by atoms with Crippen molar-refractivity contribution < 1.29 is 0 Å². The molecule has 0 aliphatic carbocycles. The maximum Gasteiger partial charge on any atom is 0.171 e. The summed E-state index contributed by atoms with van der Waals surface area (Å²) in [6.07, 6.45) is 0. The highest BCUT2D eigenvalue weighted by Gasteiger charge is 2.07. The monoisotopic (exact) mass is 296 g/mol. The predicted molar refractivity (Wildman–Crippen MR) is 76.0 cm³/mol. The van der Waals surface area contributed by atoms with E-state index in [1.807, 2.05) is 13.8 Å². The molecule has 0 unspecified atom stereocenters. The minimum absolute atomic E-state index is 0.251. The van der Waals surface area contributed by atoms with Gasteiger partial charge in [0, 0.05) is 6.04 Å². The number of nitrogens with one attached hydrogen (secondary N) is 2. The maximum atomic E-state index is 5.99. The average Bonchev–Trinajstić information content (AvgIpc) is 2.12. The minimum atomic E-state index is 0.251. The molecule has 0 aliphatic heterocycles. The first kappa shape index (κ1) is 13.8. The number of rotatable bonds is 2. The lowest BCUT2D eigenvalue weighted by Crippen LogP contribution is -2.33. The number of anilines is 1. The second-order valence-electron chi connectivity index (χ2n) is 3.50. The Balaban J connectivity index is 2.81. The third kappa shape index (κ3) is 3.98. The van der Waals surface area contributed by atoms with Gasteiger partial charge in [-0.05, 0) is 38.2 Å². The Kier molecular flexibility index (Phi) is 5.12. The molecule has 0 heterocycles. The van der Waals surface area contributed by atoms with Gasteiger partial charge in [-0.25, -0.2) is 0 Å².